The van der Waals surface area contributed by atoms with Gasteiger partial charge in [0, 0.05) is 6.54 Å². The number of hydrogen-bond donors (Lipinski definition) is 1. The van der Waals surface area contributed by atoms with Crippen molar-refractivity contribution in [2.75, 3.05) is 13.1 Å². The van der Waals surface area contributed by atoms with Crippen LogP contribution in [0.25, 0.3) is 0 Å². The molecule has 0 aliphatic carbocycles. The first-order valence-corrected chi connectivity index (χ1v) is 5.18. The quantitative estimate of drug-likeness (QED) is 0.470. The van der Waals surface area contributed by atoms with Gasteiger partial charge >= 0.3 is 11.2 Å². The number of amides is 2. The van der Waals surface area contributed by atoms with Gasteiger partial charge in [-0.3, -0.25) is 0 Å². The van der Waals surface area contributed by atoms with Crippen molar-refractivity contribution >= 4 is 28.7 Å². The van der Waals surface area contributed by atoms with E-state index in [-0.39, 0.29) is 11.2 Å². The molecule has 84 valence electrons. The van der Waals surface area contributed by atoms with Crippen LogP contribution in [0.1, 0.15) is 4.88 Å². The van der Waals surface area contributed by atoms with E-state index in [2.05, 4.69) is 15.4 Å². The van der Waals surface area contributed by atoms with Gasteiger partial charge in [0.05, 0.1) is 17.6 Å². The number of rotatable bonds is 3. The van der Waals surface area contributed by atoms with Crippen molar-refractivity contribution in [2.45, 2.75) is 0 Å². The first-order chi connectivity index (χ1) is 7.66. The van der Waals surface area contributed by atoms with Crippen molar-refractivity contribution in [1.82, 2.24) is 15.3 Å². The Morgan fingerprint density at radius 3 is 3.12 bits per heavy atom. The topological polar surface area (TPSA) is 101 Å². The number of urea groups is 1. The summed E-state index contributed by atoms with van der Waals surface area (Å²) >= 11 is 0.908. The molecule has 1 N–H and O–H groups in total. The Kier molecular flexibility index (Phi) is 2.77. The maximum atomic E-state index is 11.1. The van der Waals surface area contributed by atoms with Crippen molar-refractivity contribution in [2.24, 2.45) is 5.10 Å². The van der Waals surface area contributed by atoms with Crippen LogP contribution in [0.4, 0.5) is 9.93 Å². The average Bonchev–Trinajstić information content (AvgIpc) is 2.83. The van der Waals surface area contributed by atoms with Gasteiger partial charge in [0.25, 0.3) is 0 Å². The van der Waals surface area contributed by atoms with Crippen molar-refractivity contribution in [3.63, 3.8) is 0 Å². The summed E-state index contributed by atoms with van der Waals surface area (Å²) in [6, 6.07) is -0.268. The SMILES string of the molecule is O=C1NCCN1/N=C/c1cnc([N+](=O)[O-])s1. The molecule has 0 atom stereocenters. The Morgan fingerprint density at radius 2 is 2.56 bits per heavy atom. The lowest BCUT2D eigenvalue weighted by atomic mass is 10.6. The monoisotopic (exact) mass is 241 g/mol. The normalized spacial score (nSPS) is 15.8. The van der Waals surface area contributed by atoms with E-state index >= 15 is 0 Å². The molecule has 1 saturated heterocycles. The summed E-state index contributed by atoms with van der Waals surface area (Å²) in [5.41, 5.74) is 0. The van der Waals surface area contributed by atoms with Crippen molar-refractivity contribution in [3.05, 3.63) is 21.2 Å². The predicted octanol–water partition coefficient (Wildman–Crippen LogP) is 0.410. The molecule has 2 amide bonds. The van der Waals surface area contributed by atoms with Crippen LogP contribution in [0.3, 0.4) is 0 Å². The van der Waals surface area contributed by atoms with Crippen molar-refractivity contribution < 1.29 is 9.72 Å². The number of carbonyl (C=O) groups excluding carboxylic acids is 1. The summed E-state index contributed by atoms with van der Waals surface area (Å²) in [6.45, 7) is 1.05. The molecular weight excluding hydrogens is 234 g/mol. The summed E-state index contributed by atoms with van der Waals surface area (Å²) < 4.78 is 0. The van der Waals surface area contributed by atoms with E-state index in [1.807, 2.05) is 0 Å². The lowest BCUT2D eigenvalue weighted by Crippen LogP contribution is -2.23. The molecule has 0 unspecified atom stereocenters. The largest absolute Gasteiger partial charge is 0.423 e. The summed E-state index contributed by atoms with van der Waals surface area (Å²) in [5.74, 6) is 0. The smallest absolute Gasteiger partial charge is 0.357 e. The molecule has 0 spiro atoms. The molecule has 2 rings (SSSR count). The Morgan fingerprint density at radius 1 is 1.75 bits per heavy atom. The van der Waals surface area contributed by atoms with Gasteiger partial charge in [-0.1, -0.05) is 0 Å². The van der Waals surface area contributed by atoms with Gasteiger partial charge < -0.3 is 15.4 Å². The van der Waals surface area contributed by atoms with Gasteiger partial charge in [0.2, 0.25) is 0 Å². The molecule has 16 heavy (non-hydrogen) atoms. The molecule has 0 bridgehead atoms. The molecule has 8 nitrogen and oxygen atoms in total. The van der Waals surface area contributed by atoms with Crippen LogP contribution in [-0.2, 0) is 0 Å². The standard InChI is InChI=1S/C7H7N5O3S/c13-6-8-1-2-11(6)10-4-5-3-9-7(16-5)12(14)15/h3-4H,1-2H2,(H,8,13)/b10-4+. The minimum atomic E-state index is -0.565. The molecule has 9 heteroatoms. The fourth-order valence-electron chi connectivity index (χ4n) is 1.12. The minimum Gasteiger partial charge on any atom is -0.357 e. The lowest BCUT2D eigenvalue weighted by molar-refractivity contribution is -0.384. The summed E-state index contributed by atoms with van der Waals surface area (Å²) in [4.78, 5) is 25.0. The van der Waals surface area contributed by atoms with E-state index in [9.17, 15) is 14.9 Å². The highest BCUT2D eigenvalue weighted by molar-refractivity contribution is 7.16. The Hall–Kier alpha value is -2.03. The van der Waals surface area contributed by atoms with Crippen LogP contribution in [-0.4, -0.2) is 40.3 Å². The maximum absolute atomic E-state index is 11.1. The second-order valence-corrected chi connectivity index (χ2v) is 3.94. The number of nitrogens with zero attached hydrogens (tertiary/aromatic N) is 4. The summed E-state index contributed by atoms with van der Waals surface area (Å²) in [6.07, 6.45) is 2.73. The number of aromatic nitrogens is 1. The van der Waals surface area contributed by atoms with Crippen molar-refractivity contribution in [1.29, 1.82) is 0 Å². The highest BCUT2D eigenvalue weighted by Gasteiger charge is 2.18. The molecule has 2 heterocycles. The summed E-state index contributed by atoms with van der Waals surface area (Å²) in [5, 5.41) is 17.9. The third-order valence-corrected chi connectivity index (χ3v) is 2.71. The van der Waals surface area contributed by atoms with E-state index in [0.717, 1.165) is 11.3 Å². The Balaban J connectivity index is 2.05. The zero-order valence-electron chi connectivity index (χ0n) is 7.99. The van der Waals surface area contributed by atoms with E-state index in [1.54, 1.807) is 0 Å². The first-order valence-electron chi connectivity index (χ1n) is 4.36. The fraction of sp³-hybridized carbons (Fsp3) is 0.286. The van der Waals surface area contributed by atoms with Crippen molar-refractivity contribution in [3.8, 4) is 0 Å². The third kappa shape index (κ3) is 2.14. The number of nitrogens with one attached hydrogen (secondary N) is 1. The zero-order chi connectivity index (χ0) is 11.5. The number of thiazole rings is 1. The van der Waals surface area contributed by atoms with Crippen LogP contribution in [0.5, 0.6) is 0 Å². The van der Waals surface area contributed by atoms with Crippen LogP contribution >= 0.6 is 11.3 Å². The highest BCUT2D eigenvalue weighted by Crippen LogP contribution is 2.18. The molecule has 0 radical (unpaired) electrons. The van der Waals surface area contributed by atoms with Gasteiger partial charge in [0.15, 0.2) is 6.20 Å². The van der Waals surface area contributed by atoms with E-state index in [1.165, 1.54) is 17.4 Å². The molecular formula is C7H7N5O3S. The lowest BCUT2D eigenvalue weighted by Gasteiger charge is -2.03. The fourth-order valence-corrected chi connectivity index (χ4v) is 1.72. The second-order valence-electron chi connectivity index (χ2n) is 2.90. The van der Waals surface area contributed by atoms with E-state index in [4.69, 9.17) is 0 Å². The van der Waals surface area contributed by atoms with Gasteiger partial charge in [-0.05, 0) is 21.2 Å². The number of hydrogen-bond acceptors (Lipinski definition) is 6. The summed E-state index contributed by atoms with van der Waals surface area (Å²) in [7, 11) is 0. The average molecular weight is 241 g/mol. The number of nitro groups is 1. The van der Waals surface area contributed by atoms with Crippen LogP contribution in [0.15, 0.2) is 11.3 Å². The Labute approximate surface area is 93.7 Å². The molecule has 0 saturated carbocycles. The molecule has 1 fully saturated rings. The molecule has 1 aliphatic rings. The zero-order valence-corrected chi connectivity index (χ0v) is 8.81. The van der Waals surface area contributed by atoms with Gasteiger partial charge in [-0.15, -0.1) is 0 Å². The van der Waals surface area contributed by atoms with Crippen LogP contribution in [0.2, 0.25) is 0 Å². The minimum absolute atomic E-state index is 0.188. The highest BCUT2D eigenvalue weighted by atomic mass is 32.1. The molecule has 0 aromatic carbocycles. The van der Waals surface area contributed by atoms with Gasteiger partial charge in [-0.25, -0.2) is 9.80 Å². The first kappa shape index (κ1) is 10.5. The number of hydrazone groups is 1. The molecule has 1 aromatic rings. The second kappa shape index (κ2) is 4.23. The Bertz CT molecular complexity index is 457. The number of carbonyl (C=O) groups is 1. The van der Waals surface area contributed by atoms with Gasteiger partial charge in [-0.2, -0.15) is 5.10 Å². The molecule has 1 aliphatic heterocycles. The van der Waals surface area contributed by atoms with Gasteiger partial charge in [0.1, 0.15) is 0 Å². The maximum Gasteiger partial charge on any atom is 0.423 e. The predicted molar refractivity (Wildman–Crippen MR) is 56.5 cm³/mol. The molecule has 1 aromatic heterocycles. The van der Waals surface area contributed by atoms with Crippen LogP contribution in [0, 0.1) is 10.1 Å². The third-order valence-electron chi connectivity index (χ3n) is 1.83. The van der Waals surface area contributed by atoms with E-state index < -0.39 is 4.92 Å². The van der Waals surface area contributed by atoms with Crippen LogP contribution < -0.4 is 5.32 Å². The van der Waals surface area contributed by atoms with E-state index in [0.29, 0.717) is 18.0 Å².